The molecule has 0 radical (unpaired) electrons. The van der Waals surface area contributed by atoms with E-state index in [1.807, 2.05) is 38.1 Å². The minimum absolute atomic E-state index is 0.331. The maximum absolute atomic E-state index is 5.64. The second-order valence-corrected chi connectivity index (χ2v) is 4.85. The van der Waals surface area contributed by atoms with Crippen LogP contribution in [0.3, 0.4) is 0 Å². The van der Waals surface area contributed by atoms with Crippen LogP contribution in [0.15, 0.2) is 28.7 Å². The Morgan fingerprint density at radius 1 is 1.22 bits per heavy atom. The fraction of sp³-hybridized carbons (Fsp3) is 0.231. The van der Waals surface area contributed by atoms with E-state index < -0.39 is 0 Å². The summed E-state index contributed by atoms with van der Waals surface area (Å²) in [6.45, 7) is 4.26. The highest BCUT2D eigenvalue weighted by Gasteiger charge is 2.05. The first kappa shape index (κ1) is 13.0. The van der Waals surface area contributed by atoms with Crippen LogP contribution in [0, 0.1) is 13.8 Å². The number of hydrogen-bond acceptors (Lipinski definition) is 4. The van der Waals surface area contributed by atoms with Crippen molar-refractivity contribution in [2.24, 2.45) is 5.73 Å². The van der Waals surface area contributed by atoms with Gasteiger partial charge in [0.2, 0.25) is 0 Å². The summed E-state index contributed by atoms with van der Waals surface area (Å²) in [6.07, 6.45) is 0. The van der Waals surface area contributed by atoms with Gasteiger partial charge in [-0.25, -0.2) is 4.98 Å². The summed E-state index contributed by atoms with van der Waals surface area (Å²) >= 11 is 3.45. The topological polar surface area (TPSA) is 61.0 Å². The quantitative estimate of drug-likeness (QED) is 0.946. The second-order valence-electron chi connectivity index (χ2n) is 4.00. The van der Waals surface area contributed by atoms with Gasteiger partial charge in [-0.3, -0.25) is 0 Å². The summed E-state index contributed by atoms with van der Waals surface area (Å²) in [7, 11) is 0. The van der Waals surface area contributed by atoms with Gasteiger partial charge in [-0.2, -0.15) is 4.98 Å². The van der Waals surface area contributed by atoms with Gasteiger partial charge in [0.15, 0.2) is 0 Å². The van der Waals surface area contributed by atoms with Gasteiger partial charge in [-0.15, -0.1) is 0 Å². The maximum atomic E-state index is 5.64. The van der Waals surface area contributed by atoms with Gasteiger partial charge in [-0.1, -0.05) is 15.9 Å². The van der Waals surface area contributed by atoms with Crippen molar-refractivity contribution in [1.82, 2.24) is 9.97 Å². The summed E-state index contributed by atoms with van der Waals surface area (Å²) in [5.74, 6) is 0.712. The molecule has 2 rings (SSSR count). The number of nitrogens with two attached hydrogens (primary N) is 1. The SMILES string of the molecule is Cc1cc(CN)nc(Oc2ccc(Br)c(C)c2)n1. The third-order valence-corrected chi connectivity index (χ3v) is 3.32. The fourth-order valence-electron chi connectivity index (χ4n) is 1.54. The van der Waals surface area contributed by atoms with Crippen LogP contribution in [0.1, 0.15) is 17.0 Å². The summed E-state index contributed by atoms with van der Waals surface area (Å²) in [6, 6.07) is 7.91. The number of benzene rings is 1. The first-order valence-electron chi connectivity index (χ1n) is 5.57. The molecule has 1 aromatic heterocycles. The zero-order valence-electron chi connectivity index (χ0n) is 10.3. The van der Waals surface area contributed by atoms with Crippen LogP contribution in [0.2, 0.25) is 0 Å². The molecule has 2 aromatic rings. The van der Waals surface area contributed by atoms with Crippen LogP contribution < -0.4 is 10.5 Å². The minimum Gasteiger partial charge on any atom is -0.424 e. The van der Waals surface area contributed by atoms with E-state index in [1.165, 1.54) is 0 Å². The van der Waals surface area contributed by atoms with Crippen molar-refractivity contribution in [2.75, 3.05) is 0 Å². The third-order valence-electron chi connectivity index (χ3n) is 2.43. The van der Waals surface area contributed by atoms with Gasteiger partial charge in [0.1, 0.15) is 5.75 Å². The molecule has 0 aliphatic heterocycles. The summed E-state index contributed by atoms with van der Waals surface area (Å²) < 4.78 is 6.68. The summed E-state index contributed by atoms with van der Waals surface area (Å²) in [5, 5.41) is 0. The third kappa shape index (κ3) is 3.05. The molecule has 0 atom stereocenters. The van der Waals surface area contributed by atoms with E-state index in [9.17, 15) is 0 Å². The largest absolute Gasteiger partial charge is 0.424 e. The van der Waals surface area contributed by atoms with E-state index in [4.69, 9.17) is 10.5 Å². The molecule has 0 spiro atoms. The number of rotatable bonds is 3. The Morgan fingerprint density at radius 3 is 2.67 bits per heavy atom. The number of nitrogens with zero attached hydrogens (tertiary/aromatic N) is 2. The van der Waals surface area contributed by atoms with E-state index in [0.29, 0.717) is 18.3 Å². The number of aromatic nitrogens is 2. The second kappa shape index (κ2) is 5.46. The number of aryl methyl sites for hydroxylation is 2. The predicted octanol–water partition coefficient (Wildman–Crippen LogP) is 3.11. The Balaban J connectivity index is 2.27. The fourth-order valence-corrected chi connectivity index (χ4v) is 1.79. The predicted molar refractivity (Wildman–Crippen MR) is 73.6 cm³/mol. The van der Waals surface area contributed by atoms with E-state index in [1.54, 1.807) is 0 Å². The summed E-state index contributed by atoms with van der Waals surface area (Å²) in [5.41, 5.74) is 8.28. The Labute approximate surface area is 114 Å². The zero-order chi connectivity index (χ0) is 13.1. The molecule has 0 bridgehead atoms. The molecule has 0 fully saturated rings. The molecule has 1 aromatic carbocycles. The van der Waals surface area contributed by atoms with Crippen LogP contribution in [0.5, 0.6) is 11.8 Å². The number of halogens is 1. The van der Waals surface area contributed by atoms with Gasteiger partial charge < -0.3 is 10.5 Å². The normalized spacial score (nSPS) is 10.4. The number of hydrogen-bond donors (Lipinski definition) is 1. The maximum Gasteiger partial charge on any atom is 0.322 e. The standard InChI is InChI=1S/C13H14BrN3O/c1-8-5-11(3-4-12(8)14)18-13-16-9(2)6-10(7-15)17-13/h3-6H,7,15H2,1-2H3. The average Bonchev–Trinajstić information content (AvgIpc) is 2.33. The Hall–Kier alpha value is -1.46. The Bertz CT molecular complexity index is 572. The molecule has 0 aliphatic rings. The molecule has 1 heterocycles. The highest BCUT2D eigenvalue weighted by Crippen LogP contribution is 2.24. The van der Waals surface area contributed by atoms with Crippen LogP contribution >= 0.6 is 15.9 Å². The van der Waals surface area contributed by atoms with Crippen LogP contribution in [-0.2, 0) is 6.54 Å². The van der Waals surface area contributed by atoms with Crippen molar-refractivity contribution in [1.29, 1.82) is 0 Å². The minimum atomic E-state index is 0.331. The van der Waals surface area contributed by atoms with E-state index in [-0.39, 0.29) is 0 Å². The van der Waals surface area contributed by atoms with Gasteiger partial charge in [0.05, 0.1) is 5.69 Å². The molecule has 18 heavy (non-hydrogen) atoms. The molecule has 0 aliphatic carbocycles. The molecule has 94 valence electrons. The van der Waals surface area contributed by atoms with Crippen LogP contribution in [-0.4, -0.2) is 9.97 Å². The lowest BCUT2D eigenvalue weighted by Crippen LogP contribution is -2.03. The van der Waals surface area contributed by atoms with Crippen molar-refractivity contribution in [3.63, 3.8) is 0 Å². The molecule has 0 unspecified atom stereocenters. The van der Waals surface area contributed by atoms with Gasteiger partial charge in [0, 0.05) is 16.7 Å². The van der Waals surface area contributed by atoms with Gasteiger partial charge in [0.25, 0.3) is 0 Å². The van der Waals surface area contributed by atoms with Crippen molar-refractivity contribution in [2.45, 2.75) is 20.4 Å². The van der Waals surface area contributed by atoms with Crippen LogP contribution in [0.4, 0.5) is 0 Å². The van der Waals surface area contributed by atoms with E-state index >= 15 is 0 Å². The average molecular weight is 308 g/mol. The lowest BCUT2D eigenvalue weighted by atomic mass is 10.2. The highest BCUT2D eigenvalue weighted by atomic mass is 79.9. The molecule has 0 saturated carbocycles. The molecular weight excluding hydrogens is 294 g/mol. The monoisotopic (exact) mass is 307 g/mol. The van der Waals surface area contributed by atoms with Crippen molar-refractivity contribution in [3.05, 3.63) is 45.7 Å². The van der Waals surface area contributed by atoms with Gasteiger partial charge >= 0.3 is 6.01 Å². The Kier molecular flexibility index (Phi) is 3.93. The van der Waals surface area contributed by atoms with E-state index in [0.717, 1.165) is 21.4 Å². The lowest BCUT2D eigenvalue weighted by molar-refractivity contribution is 0.437. The lowest BCUT2D eigenvalue weighted by Gasteiger charge is -2.07. The van der Waals surface area contributed by atoms with Gasteiger partial charge in [-0.05, 0) is 43.7 Å². The van der Waals surface area contributed by atoms with Crippen molar-refractivity contribution >= 4 is 15.9 Å². The molecule has 5 heteroatoms. The smallest absolute Gasteiger partial charge is 0.322 e. The van der Waals surface area contributed by atoms with Crippen molar-refractivity contribution in [3.8, 4) is 11.8 Å². The first-order chi connectivity index (χ1) is 8.58. The first-order valence-corrected chi connectivity index (χ1v) is 6.36. The molecule has 0 saturated heterocycles. The zero-order valence-corrected chi connectivity index (χ0v) is 11.9. The number of ether oxygens (including phenoxy) is 1. The molecular formula is C13H14BrN3O. The van der Waals surface area contributed by atoms with E-state index in [2.05, 4.69) is 25.9 Å². The summed E-state index contributed by atoms with van der Waals surface area (Å²) in [4.78, 5) is 8.46. The molecule has 4 nitrogen and oxygen atoms in total. The Morgan fingerprint density at radius 2 is 2.00 bits per heavy atom. The molecule has 0 amide bonds. The van der Waals surface area contributed by atoms with Crippen molar-refractivity contribution < 1.29 is 4.74 Å². The molecule has 2 N–H and O–H groups in total. The van der Waals surface area contributed by atoms with Crippen LogP contribution in [0.25, 0.3) is 0 Å². The highest BCUT2D eigenvalue weighted by molar-refractivity contribution is 9.10.